The van der Waals surface area contributed by atoms with Crippen molar-refractivity contribution in [2.75, 3.05) is 11.5 Å². The van der Waals surface area contributed by atoms with Crippen LogP contribution in [0.3, 0.4) is 0 Å². The fourth-order valence-corrected chi connectivity index (χ4v) is 2.25. The van der Waals surface area contributed by atoms with Gasteiger partial charge in [-0.3, -0.25) is 0 Å². The molecule has 0 bridgehead atoms. The molecule has 1 aliphatic rings. The second-order valence-corrected chi connectivity index (χ2v) is 4.10. The molecule has 0 aromatic rings. The lowest BCUT2D eigenvalue weighted by Crippen LogP contribution is -2.57. The number of halogens is 1. The van der Waals surface area contributed by atoms with Crippen LogP contribution in [0, 0.1) is 0 Å². The number of aliphatic hydroxyl groups is 2. The molecule has 0 saturated carbocycles. The summed E-state index contributed by atoms with van der Waals surface area (Å²) in [6.07, 6.45) is -2.56. The van der Waals surface area contributed by atoms with Gasteiger partial charge in [-0.05, 0) is 6.92 Å². The average Bonchev–Trinajstić information content (AvgIpc) is 2.12. The highest BCUT2D eigenvalue weighted by atomic mass is 127. The molecule has 78 valence electrons. The minimum Gasteiger partial charge on any atom is -0.388 e. The molecule has 5 unspecified atom stereocenters. The number of hydrogen-bond acceptors (Lipinski definition) is 4. The van der Waals surface area contributed by atoms with E-state index in [9.17, 15) is 10.2 Å². The summed E-state index contributed by atoms with van der Waals surface area (Å²) in [7, 11) is 1.49. The van der Waals surface area contributed by atoms with Crippen LogP contribution >= 0.6 is 22.6 Å². The minimum absolute atomic E-state index is 0.246. The van der Waals surface area contributed by atoms with E-state index in [0.717, 1.165) is 0 Å². The molecule has 0 aliphatic carbocycles. The maximum Gasteiger partial charge on any atom is 0.114 e. The van der Waals surface area contributed by atoms with Crippen LogP contribution in [0.15, 0.2) is 0 Å². The zero-order valence-electron chi connectivity index (χ0n) is 7.68. The zero-order chi connectivity index (χ0) is 10.0. The number of rotatable bonds is 2. The topological polar surface area (TPSA) is 58.9 Å². The van der Waals surface area contributed by atoms with E-state index in [1.807, 2.05) is 0 Å². The van der Waals surface area contributed by atoms with Crippen molar-refractivity contribution in [3.8, 4) is 0 Å². The summed E-state index contributed by atoms with van der Waals surface area (Å²) in [5.74, 6) is 0. The van der Waals surface area contributed by atoms with Crippen molar-refractivity contribution in [1.82, 2.24) is 0 Å². The average molecular weight is 302 g/mol. The van der Waals surface area contributed by atoms with Gasteiger partial charge in [-0.15, -0.1) is 0 Å². The fraction of sp³-hybridized carbons (Fsp3) is 1.00. The van der Waals surface area contributed by atoms with Crippen molar-refractivity contribution in [1.29, 1.82) is 0 Å². The van der Waals surface area contributed by atoms with Crippen molar-refractivity contribution in [3.05, 3.63) is 0 Å². The smallest absolute Gasteiger partial charge is 0.114 e. The van der Waals surface area contributed by atoms with Gasteiger partial charge in [0.15, 0.2) is 0 Å². The van der Waals surface area contributed by atoms with Crippen LogP contribution in [-0.2, 0) is 9.47 Å². The predicted octanol–water partition coefficient (Wildman–Crippen LogP) is -0.0545. The Bertz CT molecular complexity index is 166. The molecule has 13 heavy (non-hydrogen) atoms. The number of aliphatic hydroxyl groups excluding tert-OH is 2. The molecule has 5 heteroatoms. The van der Waals surface area contributed by atoms with Gasteiger partial charge < -0.3 is 19.7 Å². The van der Waals surface area contributed by atoms with Gasteiger partial charge in [0.05, 0.1) is 12.2 Å². The second-order valence-electron chi connectivity index (χ2n) is 3.22. The SMILES string of the molecule is COC1C(O)C(C)OC(CI)C1O. The minimum atomic E-state index is -0.751. The van der Waals surface area contributed by atoms with Gasteiger partial charge in [0.1, 0.15) is 18.3 Å². The third-order valence-corrected chi connectivity index (χ3v) is 3.22. The van der Waals surface area contributed by atoms with Crippen molar-refractivity contribution >= 4 is 22.6 Å². The van der Waals surface area contributed by atoms with Crippen molar-refractivity contribution < 1.29 is 19.7 Å². The summed E-state index contributed by atoms with van der Waals surface area (Å²) in [5, 5.41) is 19.3. The van der Waals surface area contributed by atoms with E-state index in [2.05, 4.69) is 22.6 Å². The van der Waals surface area contributed by atoms with Crippen LogP contribution in [0.2, 0.25) is 0 Å². The Balaban J connectivity index is 2.69. The summed E-state index contributed by atoms with van der Waals surface area (Å²) in [4.78, 5) is 0. The van der Waals surface area contributed by atoms with Crippen LogP contribution in [0.4, 0.5) is 0 Å². The normalized spacial score (nSPS) is 46.4. The molecular formula is C8H15IO4. The van der Waals surface area contributed by atoms with Crippen LogP contribution in [0.1, 0.15) is 6.92 Å². The van der Waals surface area contributed by atoms with Crippen LogP contribution < -0.4 is 0 Å². The Kier molecular flexibility index (Phi) is 4.37. The van der Waals surface area contributed by atoms with E-state index >= 15 is 0 Å². The van der Waals surface area contributed by atoms with Gasteiger partial charge in [-0.1, -0.05) is 22.6 Å². The number of hydrogen-bond donors (Lipinski definition) is 2. The van der Waals surface area contributed by atoms with Gasteiger partial charge in [0.2, 0.25) is 0 Å². The number of ether oxygens (including phenoxy) is 2. The molecule has 1 fully saturated rings. The van der Waals surface area contributed by atoms with Crippen LogP contribution in [0.5, 0.6) is 0 Å². The number of methoxy groups -OCH3 is 1. The second kappa shape index (κ2) is 4.88. The molecule has 0 amide bonds. The van der Waals surface area contributed by atoms with Crippen molar-refractivity contribution in [2.24, 2.45) is 0 Å². The highest BCUT2D eigenvalue weighted by Gasteiger charge is 2.42. The molecular weight excluding hydrogens is 287 g/mol. The Morgan fingerprint density at radius 2 is 2.00 bits per heavy atom. The quantitative estimate of drug-likeness (QED) is 0.554. The highest BCUT2D eigenvalue weighted by Crippen LogP contribution is 2.23. The molecule has 1 rings (SSSR count). The van der Waals surface area contributed by atoms with Crippen LogP contribution in [0.25, 0.3) is 0 Å². The molecule has 1 heterocycles. The Hall–Kier alpha value is 0.570. The molecule has 0 spiro atoms. The summed E-state index contributed by atoms with van der Waals surface area (Å²) < 4.78 is 11.1. The van der Waals surface area contributed by atoms with Crippen molar-refractivity contribution in [3.63, 3.8) is 0 Å². The lowest BCUT2D eigenvalue weighted by atomic mass is 9.96. The molecule has 2 N–H and O–H groups in total. The first-order valence-electron chi connectivity index (χ1n) is 4.22. The van der Waals surface area contributed by atoms with E-state index in [1.54, 1.807) is 6.92 Å². The molecule has 4 nitrogen and oxygen atoms in total. The Morgan fingerprint density at radius 1 is 1.38 bits per heavy atom. The first-order valence-corrected chi connectivity index (χ1v) is 5.74. The van der Waals surface area contributed by atoms with E-state index in [4.69, 9.17) is 9.47 Å². The lowest BCUT2D eigenvalue weighted by molar-refractivity contribution is -0.217. The highest BCUT2D eigenvalue weighted by molar-refractivity contribution is 14.1. The van der Waals surface area contributed by atoms with Gasteiger partial charge in [0, 0.05) is 11.5 Å². The lowest BCUT2D eigenvalue weighted by Gasteiger charge is -2.40. The first-order chi connectivity index (χ1) is 6.11. The van der Waals surface area contributed by atoms with Crippen molar-refractivity contribution in [2.45, 2.75) is 37.4 Å². The van der Waals surface area contributed by atoms with Gasteiger partial charge in [0.25, 0.3) is 0 Å². The summed E-state index contributed by atoms with van der Waals surface area (Å²) in [5.41, 5.74) is 0. The van der Waals surface area contributed by atoms with Gasteiger partial charge in [-0.25, -0.2) is 0 Å². The third kappa shape index (κ3) is 2.33. The van der Waals surface area contributed by atoms with Gasteiger partial charge in [-0.2, -0.15) is 0 Å². The summed E-state index contributed by atoms with van der Waals surface area (Å²) in [6, 6.07) is 0. The maximum absolute atomic E-state index is 9.70. The molecule has 0 radical (unpaired) electrons. The molecule has 0 aromatic heterocycles. The standard InChI is InChI=1S/C8H15IO4/c1-4-6(10)8(12-2)7(11)5(3-9)13-4/h4-8,10-11H,3H2,1-2H3. The van der Waals surface area contributed by atoms with E-state index in [-0.39, 0.29) is 12.2 Å². The first kappa shape index (κ1) is 11.6. The van der Waals surface area contributed by atoms with Crippen LogP contribution in [-0.4, -0.2) is 52.3 Å². The fourth-order valence-electron chi connectivity index (χ4n) is 1.52. The Labute approximate surface area is 91.4 Å². The van der Waals surface area contributed by atoms with E-state index in [0.29, 0.717) is 4.43 Å². The van der Waals surface area contributed by atoms with Gasteiger partial charge >= 0.3 is 0 Å². The molecule has 1 aliphatic heterocycles. The number of alkyl halides is 1. The maximum atomic E-state index is 9.70. The Morgan fingerprint density at radius 3 is 2.46 bits per heavy atom. The summed E-state index contributed by atoms with van der Waals surface area (Å²) in [6.45, 7) is 1.78. The summed E-state index contributed by atoms with van der Waals surface area (Å²) >= 11 is 2.14. The predicted molar refractivity (Wildman–Crippen MR) is 56.0 cm³/mol. The van der Waals surface area contributed by atoms with E-state index < -0.39 is 18.3 Å². The molecule has 5 atom stereocenters. The van der Waals surface area contributed by atoms with E-state index in [1.165, 1.54) is 7.11 Å². The monoisotopic (exact) mass is 302 g/mol. The largest absolute Gasteiger partial charge is 0.388 e. The molecule has 1 saturated heterocycles. The molecule has 0 aromatic carbocycles. The zero-order valence-corrected chi connectivity index (χ0v) is 9.84. The third-order valence-electron chi connectivity index (χ3n) is 2.35.